The fourth-order valence-corrected chi connectivity index (χ4v) is 6.29. The molecule has 0 radical (unpaired) electrons. The highest BCUT2D eigenvalue weighted by molar-refractivity contribution is 5.27. The number of hydroxylamine groups is 2. The number of ether oxygens (including phenoxy) is 4. The van der Waals surface area contributed by atoms with Gasteiger partial charge in [0.15, 0.2) is 5.79 Å². The van der Waals surface area contributed by atoms with Crippen LogP contribution in [0.3, 0.4) is 0 Å². The normalized spacial score (nSPS) is 20.7. The van der Waals surface area contributed by atoms with E-state index in [1.807, 2.05) is 24.3 Å². The monoisotopic (exact) mass is 573 g/mol. The topological polar surface area (TPSA) is 52.7 Å². The van der Waals surface area contributed by atoms with Crippen LogP contribution in [0.5, 0.6) is 5.75 Å². The number of rotatable bonds is 15. The molecule has 0 saturated carbocycles. The third-order valence-electron chi connectivity index (χ3n) is 8.66. The second-order valence-electron chi connectivity index (χ2n) is 12.3. The van der Waals surface area contributed by atoms with E-state index >= 15 is 0 Å². The zero-order chi connectivity index (χ0) is 29.5. The van der Waals surface area contributed by atoms with Gasteiger partial charge in [-0.15, -0.1) is 0 Å². The first-order valence-corrected chi connectivity index (χ1v) is 15.5. The Labute approximate surface area is 251 Å². The molecule has 0 aliphatic carbocycles. The molecule has 0 spiro atoms. The molecular formula is C36H47NO5. The third kappa shape index (κ3) is 7.80. The second-order valence-corrected chi connectivity index (χ2v) is 12.3. The molecule has 0 N–H and O–H groups in total. The van der Waals surface area contributed by atoms with Crippen molar-refractivity contribution in [3.05, 3.63) is 102 Å². The number of benzene rings is 3. The maximum absolute atomic E-state index is 6.82. The van der Waals surface area contributed by atoms with Gasteiger partial charge in [-0.05, 0) is 61.9 Å². The van der Waals surface area contributed by atoms with Crippen LogP contribution in [0.1, 0.15) is 70.1 Å². The molecular weight excluding hydrogens is 526 g/mol. The third-order valence-corrected chi connectivity index (χ3v) is 8.66. The first-order valence-electron chi connectivity index (χ1n) is 15.5. The van der Waals surface area contributed by atoms with Gasteiger partial charge in [-0.3, -0.25) is 4.84 Å². The Bertz CT molecular complexity index is 1180. The van der Waals surface area contributed by atoms with Crippen LogP contribution in [0.25, 0.3) is 0 Å². The summed E-state index contributed by atoms with van der Waals surface area (Å²) in [6.07, 6.45) is 4.35. The van der Waals surface area contributed by atoms with E-state index in [9.17, 15) is 0 Å². The zero-order valence-electron chi connectivity index (χ0n) is 25.7. The van der Waals surface area contributed by atoms with Crippen LogP contribution in [-0.4, -0.2) is 47.9 Å². The predicted octanol–water partition coefficient (Wildman–Crippen LogP) is 7.50. The molecule has 1 unspecified atom stereocenters. The molecule has 226 valence electrons. The van der Waals surface area contributed by atoms with E-state index < -0.39 is 5.79 Å². The van der Waals surface area contributed by atoms with E-state index in [1.165, 1.54) is 5.56 Å². The lowest BCUT2D eigenvalue weighted by Crippen LogP contribution is -2.68. The minimum atomic E-state index is -0.748. The average molecular weight is 574 g/mol. The van der Waals surface area contributed by atoms with Gasteiger partial charge in [0.05, 0.1) is 32.0 Å². The molecule has 6 nitrogen and oxygen atoms in total. The smallest absolute Gasteiger partial charge is 0.172 e. The van der Waals surface area contributed by atoms with Gasteiger partial charge in [-0.2, -0.15) is 5.06 Å². The minimum absolute atomic E-state index is 0.238. The summed E-state index contributed by atoms with van der Waals surface area (Å²) in [6.45, 7) is 12.1. The number of epoxide rings is 1. The molecule has 2 saturated heterocycles. The van der Waals surface area contributed by atoms with Crippen molar-refractivity contribution in [1.29, 1.82) is 0 Å². The van der Waals surface area contributed by atoms with E-state index in [1.54, 1.807) is 0 Å². The molecule has 6 heteroatoms. The lowest BCUT2D eigenvalue weighted by atomic mass is 9.73. The highest BCUT2D eigenvalue weighted by atomic mass is 16.7. The first kappa shape index (κ1) is 30.7. The van der Waals surface area contributed by atoms with Crippen LogP contribution in [0.15, 0.2) is 84.9 Å². The van der Waals surface area contributed by atoms with Crippen molar-refractivity contribution in [2.75, 3.05) is 19.8 Å². The molecule has 5 rings (SSSR count). The molecule has 2 heterocycles. The largest absolute Gasteiger partial charge is 0.491 e. The molecule has 2 aliphatic heterocycles. The second kappa shape index (κ2) is 13.7. The van der Waals surface area contributed by atoms with Crippen LogP contribution >= 0.6 is 0 Å². The summed E-state index contributed by atoms with van der Waals surface area (Å²) >= 11 is 0. The number of hydrogen-bond donors (Lipinski definition) is 0. The van der Waals surface area contributed by atoms with Crippen LogP contribution in [0.2, 0.25) is 0 Å². The van der Waals surface area contributed by atoms with Crippen LogP contribution in [0, 0.1) is 0 Å². The molecule has 3 aromatic rings. The standard InChI is InChI=1S/C36H47NO5/c1-5-35(6-2)28-36(40-23-30-13-9-7-10-14-30,41-24-31-15-11-8-12-16-31)27-34(3,4)37(35)42-22-21-29-17-19-32(20-18-29)38-25-33-26-39-33/h7-20,33H,5-6,21-28H2,1-4H3. The van der Waals surface area contributed by atoms with Gasteiger partial charge in [0.25, 0.3) is 0 Å². The SMILES string of the molecule is CCC1(CC)CC(OCc2ccccc2)(OCc2ccccc2)CC(C)(C)N1OCCc1ccc(OCC2CO2)cc1. The Morgan fingerprint density at radius 1 is 0.762 bits per heavy atom. The van der Waals surface area contributed by atoms with Crippen molar-refractivity contribution >= 4 is 0 Å². The van der Waals surface area contributed by atoms with E-state index in [2.05, 4.69) is 93.4 Å². The lowest BCUT2D eigenvalue weighted by Gasteiger charge is -2.59. The van der Waals surface area contributed by atoms with Crippen molar-refractivity contribution in [2.24, 2.45) is 0 Å². The summed E-state index contributed by atoms with van der Waals surface area (Å²) in [5.41, 5.74) is 2.96. The molecule has 0 bridgehead atoms. The van der Waals surface area contributed by atoms with Crippen molar-refractivity contribution in [1.82, 2.24) is 5.06 Å². The lowest BCUT2D eigenvalue weighted by molar-refractivity contribution is -0.368. The maximum atomic E-state index is 6.82. The summed E-state index contributed by atoms with van der Waals surface area (Å²) in [4.78, 5) is 6.71. The van der Waals surface area contributed by atoms with E-state index in [-0.39, 0.29) is 17.2 Å². The molecule has 0 aromatic heterocycles. The molecule has 2 aliphatic rings. The predicted molar refractivity (Wildman–Crippen MR) is 165 cm³/mol. The van der Waals surface area contributed by atoms with Gasteiger partial charge in [-0.25, -0.2) is 0 Å². The van der Waals surface area contributed by atoms with Crippen LogP contribution < -0.4 is 4.74 Å². The summed E-state index contributed by atoms with van der Waals surface area (Å²) in [7, 11) is 0. The molecule has 0 amide bonds. The number of piperidine rings is 1. The molecule has 1 atom stereocenters. The Morgan fingerprint density at radius 2 is 1.33 bits per heavy atom. The van der Waals surface area contributed by atoms with Gasteiger partial charge < -0.3 is 18.9 Å². The Balaban J connectivity index is 1.29. The first-order chi connectivity index (χ1) is 20.4. The van der Waals surface area contributed by atoms with Gasteiger partial charge in [0, 0.05) is 18.4 Å². The molecule has 2 fully saturated rings. The quantitative estimate of drug-likeness (QED) is 0.139. The van der Waals surface area contributed by atoms with Gasteiger partial charge >= 0.3 is 0 Å². The van der Waals surface area contributed by atoms with Crippen LogP contribution in [0.4, 0.5) is 0 Å². The summed E-state index contributed by atoms with van der Waals surface area (Å²) in [5.74, 6) is 0.133. The zero-order valence-corrected chi connectivity index (χ0v) is 25.7. The van der Waals surface area contributed by atoms with E-state index in [4.69, 9.17) is 23.8 Å². The fraction of sp³-hybridized carbons (Fsp3) is 0.500. The molecule has 3 aromatic carbocycles. The fourth-order valence-electron chi connectivity index (χ4n) is 6.29. The Kier molecular flexibility index (Phi) is 10.0. The van der Waals surface area contributed by atoms with E-state index in [0.29, 0.717) is 32.8 Å². The average Bonchev–Trinajstić information content (AvgIpc) is 3.85. The van der Waals surface area contributed by atoms with Crippen molar-refractivity contribution in [2.45, 2.75) is 96.0 Å². The van der Waals surface area contributed by atoms with Gasteiger partial charge in [0.2, 0.25) is 0 Å². The van der Waals surface area contributed by atoms with Crippen LogP contribution in [-0.2, 0) is 38.7 Å². The number of nitrogens with zero attached hydrogens (tertiary/aromatic N) is 1. The van der Waals surface area contributed by atoms with Crippen molar-refractivity contribution in [3.8, 4) is 5.75 Å². The number of hydrogen-bond acceptors (Lipinski definition) is 6. The highest BCUT2D eigenvalue weighted by Gasteiger charge is 2.57. The van der Waals surface area contributed by atoms with Crippen molar-refractivity contribution < 1.29 is 23.8 Å². The van der Waals surface area contributed by atoms with E-state index in [0.717, 1.165) is 49.2 Å². The summed E-state index contributed by atoms with van der Waals surface area (Å²) in [6, 6.07) is 29.1. The Morgan fingerprint density at radius 3 is 1.86 bits per heavy atom. The minimum Gasteiger partial charge on any atom is -0.491 e. The van der Waals surface area contributed by atoms with Gasteiger partial charge in [-0.1, -0.05) is 86.6 Å². The maximum Gasteiger partial charge on any atom is 0.172 e. The molecule has 42 heavy (non-hydrogen) atoms. The van der Waals surface area contributed by atoms with Crippen molar-refractivity contribution in [3.63, 3.8) is 0 Å². The Hall–Kier alpha value is -2.74. The van der Waals surface area contributed by atoms with Gasteiger partial charge in [0.1, 0.15) is 18.5 Å². The summed E-state index contributed by atoms with van der Waals surface area (Å²) in [5, 5.41) is 2.28. The summed E-state index contributed by atoms with van der Waals surface area (Å²) < 4.78 is 24.7. The highest BCUT2D eigenvalue weighted by Crippen LogP contribution is 2.49.